The monoisotopic (exact) mass is 1520 g/mol. The molecule has 0 fully saturated rings. The van der Waals surface area contributed by atoms with Crippen LogP contribution in [0.5, 0.6) is 0 Å². The zero-order chi connectivity index (χ0) is 76.4. The second kappa shape index (κ2) is 76.4. The lowest BCUT2D eigenvalue weighted by Gasteiger charge is -2.21. The van der Waals surface area contributed by atoms with Crippen molar-refractivity contribution in [3.8, 4) is 0 Å². The fourth-order valence-electron chi connectivity index (χ4n) is 13.2. The molecule has 0 saturated carbocycles. The summed E-state index contributed by atoms with van der Waals surface area (Å²) in [6, 6.07) is 0. The van der Waals surface area contributed by atoms with E-state index in [0.717, 1.165) is 115 Å². The summed E-state index contributed by atoms with van der Waals surface area (Å²) < 4.78 is 68.7. The number of phosphoric acid groups is 2. The van der Waals surface area contributed by atoms with E-state index in [1.807, 2.05) is 0 Å². The minimum absolute atomic E-state index is 0.106. The van der Waals surface area contributed by atoms with Crippen LogP contribution in [-0.2, 0) is 65.4 Å². The summed E-state index contributed by atoms with van der Waals surface area (Å²) in [6.07, 6.45) is 68.3. The third-order valence-electron chi connectivity index (χ3n) is 20.7. The second-order valence-corrected chi connectivity index (χ2v) is 34.0. The Kier molecular flexibility index (Phi) is 75.0. The molecule has 0 spiro atoms. The average molecular weight is 1520 g/mol. The molecule has 0 aromatic rings. The SMILES string of the molecule is CCCCCCCCCCCCCCCCCCCCCCCC(=O)OC[C@H](COP(=O)(O)OC[C@@H](O)COP(=O)(O)OC[C@@H](COC(=O)CCCCCCCCC)OC(=O)CCCCCCCCCCCCC(C)CC)OC(=O)CCCCCCCCCCCCCCCCCCCCC(C)CC. The Morgan fingerprint density at radius 3 is 0.683 bits per heavy atom. The molecule has 4 unspecified atom stereocenters. The largest absolute Gasteiger partial charge is 0.472 e. The van der Waals surface area contributed by atoms with E-state index < -0.39 is 97.5 Å². The van der Waals surface area contributed by atoms with Crippen LogP contribution in [0.2, 0.25) is 0 Å². The normalized spacial score (nSPS) is 14.4. The van der Waals surface area contributed by atoms with Gasteiger partial charge in [-0.25, -0.2) is 9.13 Å². The molecule has 0 rings (SSSR count). The summed E-state index contributed by atoms with van der Waals surface area (Å²) >= 11 is 0. The topological polar surface area (TPSA) is 237 Å². The first kappa shape index (κ1) is 102. The summed E-state index contributed by atoms with van der Waals surface area (Å²) in [5, 5.41) is 10.6. The molecular weight excluding hydrogens is 1350 g/mol. The maximum Gasteiger partial charge on any atom is 0.472 e. The van der Waals surface area contributed by atoms with Crippen molar-refractivity contribution in [2.45, 2.75) is 471 Å². The van der Waals surface area contributed by atoms with Gasteiger partial charge in [-0.2, -0.15) is 0 Å². The zero-order valence-corrected chi connectivity index (χ0v) is 70.1. The molecule has 0 aliphatic heterocycles. The van der Waals surface area contributed by atoms with Crippen LogP contribution >= 0.6 is 15.6 Å². The summed E-state index contributed by atoms with van der Waals surface area (Å²) in [6.45, 7) is 9.70. The smallest absolute Gasteiger partial charge is 0.462 e. The lowest BCUT2D eigenvalue weighted by Crippen LogP contribution is -2.30. The molecule has 0 saturated heterocycles. The van der Waals surface area contributed by atoms with Gasteiger partial charge in [0.1, 0.15) is 19.3 Å². The standard InChI is InChI=1S/C85H166O17P2/c1-7-11-13-15-17-18-19-20-21-22-23-24-25-29-32-35-38-44-50-56-62-68-83(88)96-74-81(102-84(89)69-63-57-51-45-39-36-33-30-27-26-28-31-34-37-42-48-53-59-65-77(5)9-3)76-100-104(93,94)98-72-79(86)71-97-103(91,92)99-75-80(73-95-82(87)67-61-55-47-16-14-12-8-2)101-85(90)70-64-58-52-46-41-40-43-49-54-60-66-78(6)10-4/h77-81,86H,7-76H2,1-6H3,(H,91,92)(H,93,94)/t77?,78?,79-,80+,81+/m0/s1. The van der Waals surface area contributed by atoms with Crippen molar-refractivity contribution in [3.63, 3.8) is 0 Å². The molecule has 104 heavy (non-hydrogen) atoms. The molecule has 0 radical (unpaired) electrons. The van der Waals surface area contributed by atoms with Gasteiger partial charge in [0.2, 0.25) is 0 Å². The molecule has 0 heterocycles. The van der Waals surface area contributed by atoms with Crippen LogP contribution in [0, 0.1) is 11.8 Å². The van der Waals surface area contributed by atoms with Crippen LogP contribution < -0.4 is 0 Å². The van der Waals surface area contributed by atoms with Gasteiger partial charge < -0.3 is 33.8 Å². The van der Waals surface area contributed by atoms with Gasteiger partial charge in [-0.1, -0.05) is 401 Å². The van der Waals surface area contributed by atoms with Crippen LogP contribution in [0.4, 0.5) is 0 Å². The number of rotatable bonds is 84. The fraction of sp³-hybridized carbons (Fsp3) is 0.953. The Morgan fingerprint density at radius 1 is 0.269 bits per heavy atom. The van der Waals surface area contributed by atoms with E-state index >= 15 is 0 Å². The van der Waals surface area contributed by atoms with Gasteiger partial charge in [-0.15, -0.1) is 0 Å². The van der Waals surface area contributed by atoms with Gasteiger partial charge in [0.15, 0.2) is 12.2 Å². The van der Waals surface area contributed by atoms with Gasteiger partial charge in [0.25, 0.3) is 0 Å². The Hall–Kier alpha value is -1.94. The number of aliphatic hydroxyl groups is 1. The molecule has 618 valence electrons. The first-order chi connectivity index (χ1) is 50.4. The number of unbranched alkanes of at least 4 members (excludes halogenated alkanes) is 52. The van der Waals surface area contributed by atoms with Gasteiger partial charge >= 0.3 is 39.5 Å². The molecule has 0 aliphatic rings. The van der Waals surface area contributed by atoms with Gasteiger partial charge in [0, 0.05) is 25.7 Å². The number of phosphoric ester groups is 2. The van der Waals surface area contributed by atoms with E-state index in [-0.39, 0.29) is 25.7 Å². The van der Waals surface area contributed by atoms with Crippen LogP contribution in [0.3, 0.4) is 0 Å². The third kappa shape index (κ3) is 75.5. The third-order valence-corrected chi connectivity index (χ3v) is 22.6. The predicted octanol–water partition coefficient (Wildman–Crippen LogP) is 25.8. The molecule has 0 aliphatic carbocycles. The van der Waals surface area contributed by atoms with Gasteiger partial charge in [-0.3, -0.25) is 37.3 Å². The molecule has 0 aromatic carbocycles. The van der Waals surface area contributed by atoms with Crippen LogP contribution in [0.25, 0.3) is 0 Å². The van der Waals surface area contributed by atoms with Crippen molar-refractivity contribution in [1.29, 1.82) is 0 Å². The first-order valence-corrected chi connectivity index (χ1v) is 47.1. The number of esters is 4. The van der Waals surface area contributed by atoms with E-state index in [2.05, 4.69) is 41.5 Å². The highest BCUT2D eigenvalue weighted by Crippen LogP contribution is 2.45. The lowest BCUT2D eigenvalue weighted by molar-refractivity contribution is -0.161. The van der Waals surface area contributed by atoms with Crippen molar-refractivity contribution in [3.05, 3.63) is 0 Å². The Balaban J connectivity index is 5.16. The minimum atomic E-state index is -4.96. The van der Waals surface area contributed by atoms with E-state index in [1.165, 1.54) is 257 Å². The maximum absolute atomic E-state index is 13.1. The highest BCUT2D eigenvalue weighted by atomic mass is 31.2. The number of hydrogen-bond acceptors (Lipinski definition) is 15. The molecule has 19 heteroatoms. The molecule has 0 bridgehead atoms. The van der Waals surface area contributed by atoms with E-state index in [9.17, 15) is 43.2 Å². The van der Waals surface area contributed by atoms with Crippen molar-refractivity contribution >= 4 is 39.5 Å². The first-order valence-electron chi connectivity index (χ1n) is 44.1. The van der Waals surface area contributed by atoms with Crippen molar-refractivity contribution in [1.82, 2.24) is 0 Å². The maximum atomic E-state index is 13.1. The predicted molar refractivity (Wildman–Crippen MR) is 428 cm³/mol. The fourth-order valence-corrected chi connectivity index (χ4v) is 14.8. The number of carbonyl (C=O) groups excluding carboxylic acids is 4. The Labute approximate surface area is 638 Å². The zero-order valence-electron chi connectivity index (χ0n) is 68.3. The molecule has 0 amide bonds. The minimum Gasteiger partial charge on any atom is -0.462 e. The summed E-state index contributed by atoms with van der Waals surface area (Å²) in [5.74, 6) is -0.436. The van der Waals surface area contributed by atoms with Crippen molar-refractivity contribution in [2.75, 3.05) is 39.6 Å². The lowest BCUT2D eigenvalue weighted by atomic mass is 9.99. The number of ether oxygens (including phenoxy) is 4. The van der Waals surface area contributed by atoms with Gasteiger partial charge in [-0.05, 0) is 37.5 Å². The number of carbonyl (C=O) groups is 4. The molecule has 7 atom stereocenters. The van der Waals surface area contributed by atoms with E-state index in [4.69, 9.17) is 37.0 Å². The highest BCUT2D eigenvalue weighted by Gasteiger charge is 2.30. The van der Waals surface area contributed by atoms with Crippen LogP contribution in [0.1, 0.15) is 452 Å². The number of hydrogen-bond donors (Lipinski definition) is 3. The molecular formula is C85H166O17P2. The quantitative estimate of drug-likeness (QED) is 0.0222. The molecule has 0 aromatic heterocycles. The van der Waals surface area contributed by atoms with E-state index in [0.29, 0.717) is 25.7 Å². The second-order valence-electron chi connectivity index (χ2n) is 31.1. The highest BCUT2D eigenvalue weighted by molar-refractivity contribution is 7.47. The van der Waals surface area contributed by atoms with Crippen molar-refractivity contribution < 1.29 is 80.2 Å². The van der Waals surface area contributed by atoms with Crippen molar-refractivity contribution in [2.24, 2.45) is 11.8 Å². The van der Waals surface area contributed by atoms with Crippen LogP contribution in [-0.4, -0.2) is 96.7 Å². The van der Waals surface area contributed by atoms with E-state index in [1.54, 1.807) is 0 Å². The summed E-state index contributed by atoms with van der Waals surface area (Å²) in [5.41, 5.74) is 0. The van der Waals surface area contributed by atoms with Crippen LogP contribution in [0.15, 0.2) is 0 Å². The average Bonchev–Trinajstić information content (AvgIpc) is 0.903. The Morgan fingerprint density at radius 2 is 0.462 bits per heavy atom. The summed E-state index contributed by atoms with van der Waals surface area (Å²) in [4.78, 5) is 73.0. The molecule has 17 nitrogen and oxygen atoms in total. The number of aliphatic hydroxyl groups excluding tert-OH is 1. The molecule has 3 N–H and O–H groups in total. The Bertz CT molecular complexity index is 2000. The van der Waals surface area contributed by atoms with Gasteiger partial charge in [0.05, 0.1) is 26.4 Å². The summed E-state index contributed by atoms with van der Waals surface area (Å²) in [7, 11) is -9.92.